The number of hydrogen-bond donors (Lipinski definition) is 0. The fourth-order valence-electron chi connectivity index (χ4n) is 2.53. The topological polar surface area (TPSA) is 63.7 Å². The molecule has 0 fully saturated rings. The van der Waals surface area contributed by atoms with Crippen LogP contribution >= 0.6 is 0 Å². The summed E-state index contributed by atoms with van der Waals surface area (Å²) in [5, 5.41) is 14.5. The van der Waals surface area contributed by atoms with Gasteiger partial charge in [0.25, 0.3) is 0 Å². The Morgan fingerprint density at radius 1 is 1.35 bits per heavy atom. The van der Waals surface area contributed by atoms with E-state index in [1.807, 2.05) is 25.2 Å². The van der Waals surface area contributed by atoms with Crippen molar-refractivity contribution in [3.63, 3.8) is 0 Å². The molecule has 112 valence electrons. The SMILES string of the molecule is [B]c1ccc(-c2cc(OCCC)cc3c2c(C#N)nn3C)cn1. The Kier molecular flexibility index (Phi) is 4.03. The lowest BCUT2D eigenvalue weighted by molar-refractivity contribution is 0.318. The maximum Gasteiger partial charge on any atom is 0.170 e. The third-order valence-electron chi connectivity index (χ3n) is 3.60. The van der Waals surface area contributed by atoms with Gasteiger partial charge in [0.15, 0.2) is 5.69 Å². The maximum absolute atomic E-state index is 9.38. The summed E-state index contributed by atoms with van der Waals surface area (Å²) in [5.74, 6) is 0.749. The van der Waals surface area contributed by atoms with Crippen molar-refractivity contribution in [2.24, 2.45) is 7.05 Å². The van der Waals surface area contributed by atoms with E-state index in [1.165, 1.54) is 0 Å². The third-order valence-corrected chi connectivity index (χ3v) is 3.60. The minimum absolute atomic E-state index is 0.386. The highest BCUT2D eigenvalue weighted by Gasteiger charge is 2.16. The molecule has 0 aliphatic carbocycles. The number of aryl methyl sites for hydroxylation is 1. The quantitative estimate of drug-likeness (QED) is 0.692. The zero-order valence-corrected chi connectivity index (χ0v) is 13.1. The Labute approximate surface area is 135 Å². The van der Waals surface area contributed by atoms with Gasteiger partial charge >= 0.3 is 0 Å². The number of pyridine rings is 1. The molecule has 0 aliphatic heterocycles. The lowest BCUT2D eigenvalue weighted by Crippen LogP contribution is -2.06. The molecule has 6 heteroatoms. The Morgan fingerprint density at radius 2 is 2.17 bits per heavy atom. The van der Waals surface area contributed by atoms with Gasteiger partial charge in [-0.3, -0.25) is 9.67 Å². The summed E-state index contributed by atoms with van der Waals surface area (Å²) in [7, 11) is 7.49. The molecule has 0 spiro atoms. The van der Waals surface area contributed by atoms with Crippen LogP contribution in [0.3, 0.4) is 0 Å². The maximum atomic E-state index is 9.38. The summed E-state index contributed by atoms with van der Waals surface area (Å²) in [5.41, 5.74) is 3.43. The van der Waals surface area contributed by atoms with Crippen molar-refractivity contribution in [1.29, 1.82) is 5.26 Å². The van der Waals surface area contributed by atoms with Crippen molar-refractivity contribution in [1.82, 2.24) is 14.8 Å². The van der Waals surface area contributed by atoms with Gasteiger partial charge in [-0.05, 0) is 23.6 Å². The van der Waals surface area contributed by atoms with Crippen LogP contribution in [0.4, 0.5) is 0 Å². The lowest BCUT2D eigenvalue weighted by Gasteiger charge is -2.10. The van der Waals surface area contributed by atoms with E-state index in [0.717, 1.165) is 34.2 Å². The van der Waals surface area contributed by atoms with Crippen LogP contribution in [0.5, 0.6) is 5.75 Å². The highest BCUT2D eigenvalue weighted by molar-refractivity contribution is 6.30. The van der Waals surface area contributed by atoms with E-state index in [9.17, 15) is 5.26 Å². The van der Waals surface area contributed by atoms with Gasteiger partial charge in [0.2, 0.25) is 0 Å². The molecule has 3 rings (SSSR count). The monoisotopic (exact) mass is 302 g/mol. The second kappa shape index (κ2) is 6.13. The Bertz CT molecular complexity index is 894. The summed E-state index contributed by atoms with van der Waals surface area (Å²) in [6, 6.07) is 9.61. The van der Waals surface area contributed by atoms with Crippen molar-refractivity contribution in [2.75, 3.05) is 6.61 Å². The molecular weight excluding hydrogens is 287 g/mol. The van der Waals surface area contributed by atoms with Gasteiger partial charge in [-0.2, -0.15) is 10.4 Å². The van der Waals surface area contributed by atoms with E-state index in [-0.39, 0.29) is 0 Å². The highest BCUT2D eigenvalue weighted by atomic mass is 16.5. The molecule has 0 bridgehead atoms. The van der Waals surface area contributed by atoms with Crippen LogP contribution < -0.4 is 10.3 Å². The second-order valence-electron chi connectivity index (χ2n) is 5.27. The molecule has 0 aliphatic rings. The Hall–Kier alpha value is -2.81. The van der Waals surface area contributed by atoms with Crippen molar-refractivity contribution in [2.45, 2.75) is 13.3 Å². The van der Waals surface area contributed by atoms with Crippen molar-refractivity contribution in [3.05, 3.63) is 36.2 Å². The largest absolute Gasteiger partial charge is 0.494 e. The fraction of sp³-hybridized carbons (Fsp3) is 0.235. The molecule has 0 amide bonds. The van der Waals surface area contributed by atoms with Gasteiger partial charge < -0.3 is 4.74 Å². The second-order valence-corrected chi connectivity index (χ2v) is 5.27. The summed E-state index contributed by atoms with van der Waals surface area (Å²) in [4.78, 5) is 4.14. The van der Waals surface area contributed by atoms with E-state index in [1.54, 1.807) is 16.9 Å². The number of hydrogen-bond acceptors (Lipinski definition) is 4. The number of nitriles is 1. The molecule has 0 atom stereocenters. The molecule has 3 aromatic rings. The van der Waals surface area contributed by atoms with Crippen LogP contribution in [0.1, 0.15) is 19.0 Å². The minimum atomic E-state index is 0.386. The van der Waals surface area contributed by atoms with Gasteiger partial charge in [0.05, 0.1) is 12.1 Å². The number of nitrogens with zero attached hydrogens (tertiary/aromatic N) is 4. The van der Waals surface area contributed by atoms with Crippen molar-refractivity contribution in [3.8, 4) is 22.9 Å². The van der Waals surface area contributed by atoms with Crippen LogP contribution in [0.25, 0.3) is 22.0 Å². The van der Waals surface area contributed by atoms with E-state index in [4.69, 9.17) is 12.6 Å². The third kappa shape index (κ3) is 2.78. The van der Waals surface area contributed by atoms with Crippen molar-refractivity contribution >= 4 is 24.3 Å². The number of rotatable bonds is 4. The number of ether oxygens (including phenoxy) is 1. The first kappa shape index (κ1) is 15.1. The summed E-state index contributed by atoms with van der Waals surface area (Å²) in [6.07, 6.45) is 2.62. The number of fused-ring (bicyclic) bond motifs is 1. The predicted molar refractivity (Wildman–Crippen MR) is 89.8 cm³/mol. The number of aromatic nitrogens is 3. The van der Waals surface area contributed by atoms with Gasteiger partial charge in [-0.15, -0.1) is 0 Å². The van der Waals surface area contributed by atoms with Crippen LogP contribution in [-0.4, -0.2) is 29.2 Å². The molecular formula is C17H15BN4O. The van der Waals surface area contributed by atoms with Crippen LogP contribution in [0, 0.1) is 11.3 Å². The van der Waals surface area contributed by atoms with E-state index >= 15 is 0 Å². The van der Waals surface area contributed by atoms with Crippen LogP contribution in [0.2, 0.25) is 0 Å². The van der Waals surface area contributed by atoms with Crippen LogP contribution in [-0.2, 0) is 7.05 Å². The molecule has 0 N–H and O–H groups in total. The van der Waals surface area contributed by atoms with E-state index < -0.39 is 0 Å². The van der Waals surface area contributed by atoms with Crippen LogP contribution in [0.15, 0.2) is 30.5 Å². The summed E-state index contributed by atoms with van der Waals surface area (Å²) >= 11 is 0. The molecule has 0 unspecified atom stereocenters. The fourth-order valence-corrected chi connectivity index (χ4v) is 2.53. The smallest absolute Gasteiger partial charge is 0.170 e. The Morgan fingerprint density at radius 3 is 2.83 bits per heavy atom. The first-order valence-electron chi connectivity index (χ1n) is 7.39. The normalized spacial score (nSPS) is 10.7. The molecule has 2 radical (unpaired) electrons. The molecule has 2 aromatic heterocycles. The standard InChI is InChI=1S/C17H15BN4O/c1-3-6-23-12-7-13(11-4-5-16(18)20-10-11)17-14(9-19)21-22(2)15(17)8-12/h4-5,7-8,10H,3,6H2,1-2H3. The van der Waals surface area contributed by atoms with Gasteiger partial charge in [0, 0.05) is 30.3 Å². The van der Waals surface area contributed by atoms with E-state index in [0.29, 0.717) is 17.9 Å². The summed E-state index contributed by atoms with van der Waals surface area (Å²) in [6.45, 7) is 2.69. The molecule has 0 saturated carbocycles. The number of benzene rings is 1. The van der Waals surface area contributed by atoms with E-state index in [2.05, 4.69) is 23.1 Å². The molecule has 23 heavy (non-hydrogen) atoms. The lowest BCUT2D eigenvalue weighted by atomic mass is 9.98. The van der Waals surface area contributed by atoms with Gasteiger partial charge in [0.1, 0.15) is 19.7 Å². The minimum Gasteiger partial charge on any atom is -0.494 e. The molecule has 5 nitrogen and oxygen atoms in total. The molecule has 0 saturated heterocycles. The Balaban J connectivity index is 2.27. The zero-order chi connectivity index (χ0) is 16.4. The average molecular weight is 302 g/mol. The summed E-state index contributed by atoms with van der Waals surface area (Å²) < 4.78 is 7.47. The van der Waals surface area contributed by atoms with Gasteiger partial charge in [-0.25, -0.2) is 0 Å². The molecule has 1 aromatic carbocycles. The predicted octanol–water partition coefficient (Wildman–Crippen LogP) is 2.09. The van der Waals surface area contributed by atoms with Crippen molar-refractivity contribution < 1.29 is 4.74 Å². The molecule has 2 heterocycles. The first-order chi connectivity index (χ1) is 11.1. The first-order valence-corrected chi connectivity index (χ1v) is 7.39. The highest BCUT2D eigenvalue weighted by Crippen LogP contribution is 2.34. The van der Waals surface area contributed by atoms with Gasteiger partial charge in [-0.1, -0.05) is 19.1 Å². The average Bonchev–Trinajstić information content (AvgIpc) is 2.89. The zero-order valence-electron chi connectivity index (χ0n) is 13.1.